The topological polar surface area (TPSA) is 47.9 Å². The van der Waals surface area contributed by atoms with Gasteiger partial charge in [0, 0.05) is 27.8 Å². The van der Waals surface area contributed by atoms with Crippen molar-refractivity contribution in [3.8, 4) is 67.9 Å². The fourth-order valence-corrected chi connectivity index (χ4v) is 7.88. The second kappa shape index (κ2) is 11.2. The first-order valence-electron chi connectivity index (χ1n) is 16.9. The van der Waals surface area contributed by atoms with Gasteiger partial charge < -0.3 is 4.74 Å². The van der Waals surface area contributed by atoms with Crippen LogP contribution in [-0.4, -0.2) is 15.0 Å². The van der Waals surface area contributed by atoms with Gasteiger partial charge in [-0.2, -0.15) is 0 Å². The minimum absolute atomic E-state index is 0.631. The zero-order chi connectivity index (χ0) is 33.1. The number of para-hydroxylation sites is 2. The average molecular weight is 640 g/mol. The minimum atomic E-state index is -0.704. The summed E-state index contributed by atoms with van der Waals surface area (Å²) in [7, 11) is 0. The molecule has 2 aliphatic rings. The molecule has 234 valence electrons. The van der Waals surface area contributed by atoms with Crippen molar-refractivity contribution in [1.82, 2.24) is 15.0 Å². The van der Waals surface area contributed by atoms with Gasteiger partial charge >= 0.3 is 0 Å². The first-order valence-corrected chi connectivity index (χ1v) is 16.9. The van der Waals surface area contributed by atoms with Crippen LogP contribution < -0.4 is 4.74 Å². The summed E-state index contributed by atoms with van der Waals surface area (Å²) in [5.41, 5.74) is 11.4. The molecule has 0 fully saturated rings. The number of hydrogen-bond acceptors (Lipinski definition) is 4. The van der Waals surface area contributed by atoms with Crippen LogP contribution in [0.1, 0.15) is 22.3 Å². The SMILES string of the molecule is c1ccc(-c2ccc3c(c2)C2(c4ccccc4Oc4ccccc42)c2c(-c4nc(-c5ccccc5)nc(-c5ccccc5)n4)cccc2-3)cc1. The molecule has 0 saturated heterocycles. The molecule has 0 bridgehead atoms. The number of hydrogen-bond donors (Lipinski definition) is 0. The molecule has 0 unspecified atom stereocenters. The molecule has 8 aromatic rings. The molecule has 1 aliphatic heterocycles. The number of ether oxygens (including phenoxy) is 1. The maximum absolute atomic E-state index is 6.67. The molecule has 10 rings (SSSR count). The number of aromatic nitrogens is 3. The highest BCUT2D eigenvalue weighted by Gasteiger charge is 2.52. The molecule has 4 heteroatoms. The van der Waals surface area contributed by atoms with E-state index in [0.717, 1.165) is 56.0 Å². The van der Waals surface area contributed by atoms with Gasteiger partial charge in [0.1, 0.15) is 11.5 Å². The first-order chi connectivity index (χ1) is 24.8. The third kappa shape index (κ3) is 4.22. The van der Waals surface area contributed by atoms with Crippen LogP contribution in [-0.2, 0) is 5.41 Å². The molecule has 0 radical (unpaired) electrons. The molecule has 1 aromatic heterocycles. The van der Waals surface area contributed by atoms with E-state index >= 15 is 0 Å². The zero-order valence-electron chi connectivity index (χ0n) is 27.0. The summed E-state index contributed by atoms with van der Waals surface area (Å²) in [5, 5.41) is 0. The van der Waals surface area contributed by atoms with E-state index in [4.69, 9.17) is 19.7 Å². The van der Waals surface area contributed by atoms with Crippen molar-refractivity contribution in [2.45, 2.75) is 5.41 Å². The van der Waals surface area contributed by atoms with E-state index in [1.54, 1.807) is 0 Å². The number of benzene rings is 7. The summed E-state index contributed by atoms with van der Waals surface area (Å²) in [6.07, 6.45) is 0. The predicted molar refractivity (Wildman–Crippen MR) is 199 cm³/mol. The number of fused-ring (bicyclic) bond motifs is 9. The Kier molecular flexibility index (Phi) is 6.36. The van der Waals surface area contributed by atoms with E-state index in [0.29, 0.717) is 17.5 Å². The van der Waals surface area contributed by atoms with Crippen molar-refractivity contribution in [3.05, 3.63) is 198 Å². The fourth-order valence-electron chi connectivity index (χ4n) is 7.88. The van der Waals surface area contributed by atoms with E-state index < -0.39 is 5.41 Å². The second-order valence-corrected chi connectivity index (χ2v) is 12.7. The molecule has 50 heavy (non-hydrogen) atoms. The zero-order valence-corrected chi connectivity index (χ0v) is 27.0. The van der Waals surface area contributed by atoms with Crippen molar-refractivity contribution in [2.75, 3.05) is 0 Å². The average Bonchev–Trinajstić information content (AvgIpc) is 3.49. The van der Waals surface area contributed by atoms with E-state index in [9.17, 15) is 0 Å². The lowest BCUT2D eigenvalue weighted by atomic mass is 9.64. The molecule has 4 nitrogen and oxygen atoms in total. The van der Waals surface area contributed by atoms with Crippen molar-refractivity contribution in [2.24, 2.45) is 0 Å². The third-order valence-corrected chi connectivity index (χ3v) is 10.0. The molecule has 0 amide bonds. The molecular weight excluding hydrogens is 611 g/mol. The van der Waals surface area contributed by atoms with Gasteiger partial charge in [0.2, 0.25) is 0 Å². The van der Waals surface area contributed by atoms with E-state index in [-0.39, 0.29) is 0 Å². The summed E-state index contributed by atoms with van der Waals surface area (Å²) in [4.78, 5) is 15.5. The lowest BCUT2D eigenvalue weighted by Crippen LogP contribution is -2.32. The third-order valence-electron chi connectivity index (χ3n) is 10.0. The summed E-state index contributed by atoms with van der Waals surface area (Å²) < 4.78 is 6.67. The fraction of sp³-hybridized carbons (Fsp3) is 0.0217. The van der Waals surface area contributed by atoms with Gasteiger partial charge in [-0.25, -0.2) is 15.0 Å². The minimum Gasteiger partial charge on any atom is -0.457 e. The first kappa shape index (κ1) is 28.4. The Hall–Kier alpha value is -6.65. The monoisotopic (exact) mass is 639 g/mol. The predicted octanol–water partition coefficient (Wildman–Crippen LogP) is 11.0. The smallest absolute Gasteiger partial charge is 0.164 e. The highest BCUT2D eigenvalue weighted by atomic mass is 16.5. The van der Waals surface area contributed by atoms with Crippen molar-refractivity contribution in [3.63, 3.8) is 0 Å². The van der Waals surface area contributed by atoms with Crippen molar-refractivity contribution < 1.29 is 4.74 Å². The maximum Gasteiger partial charge on any atom is 0.164 e. The molecule has 0 saturated carbocycles. The Labute approximate surface area is 290 Å². The van der Waals surface area contributed by atoms with Crippen LogP contribution in [0.3, 0.4) is 0 Å². The second-order valence-electron chi connectivity index (χ2n) is 12.7. The van der Waals surface area contributed by atoms with Crippen LogP contribution in [0, 0.1) is 0 Å². The Bertz CT molecular complexity index is 2460. The Morgan fingerprint density at radius 3 is 1.44 bits per heavy atom. The molecule has 1 aliphatic carbocycles. The normalized spacial score (nSPS) is 13.1. The largest absolute Gasteiger partial charge is 0.457 e. The van der Waals surface area contributed by atoms with Crippen LogP contribution in [0.4, 0.5) is 0 Å². The van der Waals surface area contributed by atoms with Gasteiger partial charge in [-0.1, -0.05) is 158 Å². The van der Waals surface area contributed by atoms with Gasteiger partial charge in [-0.15, -0.1) is 0 Å². The van der Waals surface area contributed by atoms with Crippen LogP contribution in [0.5, 0.6) is 11.5 Å². The summed E-state index contributed by atoms with van der Waals surface area (Å²) in [6, 6.07) is 61.3. The Balaban J connectivity index is 1.32. The maximum atomic E-state index is 6.67. The quantitative estimate of drug-likeness (QED) is 0.192. The molecule has 1 spiro atoms. The van der Waals surface area contributed by atoms with E-state index in [1.165, 1.54) is 16.7 Å². The molecule has 2 heterocycles. The lowest BCUT2D eigenvalue weighted by Gasteiger charge is -2.40. The Morgan fingerprint density at radius 1 is 0.340 bits per heavy atom. The van der Waals surface area contributed by atoms with Gasteiger partial charge in [0.15, 0.2) is 17.5 Å². The van der Waals surface area contributed by atoms with Crippen LogP contribution in [0.15, 0.2) is 176 Å². The summed E-state index contributed by atoms with van der Waals surface area (Å²) in [5.74, 6) is 3.59. The van der Waals surface area contributed by atoms with Crippen LogP contribution in [0.2, 0.25) is 0 Å². The van der Waals surface area contributed by atoms with Gasteiger partial charge in [0.05, 0.1) is 5.41 Å². The highest BCUT2D eigenvalue weighted by Crippen LogP contribution is 2.64. The Morgan fingerprint density at radius 2 is 0.840 bits per heavy atom. The number of rotatable bonds is 4. The molecule has 0 N–H and O–H groups in total. The summed E-state index contributed by atoms with van der Waals surface area (Å²) in [6.45, 7) is 0. The standard InChI is InChI=1S/C46H29N3O/c1-4-15-30(16-5-1)33-27-28-34-35-21-14-22-36(45-48-43(31-17-6-2-7-18-31)47-44(49-45)32-19-8-3-9-20-32)42(35)46(39(34)29-33)37-23-10-12-25-40(37)50-41-26-13-11-24-38(41)46/h1-29H. The van der Waals surface area contributed by atoms with Gasteiger partial charge in [-0.3, -0.25) is 0 Å². The van der Waals surface area contributed by atoms with Crippen molar-refractivity contribution in [1.29, 1.82) is 0 Å². The van der Waals surface area contributed by atoms with Gasteiger partial charge in [0.25, 0.3) is 0 Å². The number of nitrogens with zero attached hydrogens (tertiary/aromatic N) is 3. The van der Waals surface area contributed by atoms with Crippen molar-refractivity contribution >= 4 is 0 Å². The summed E-state index contributed by atoms with van der Waals surface area (Å²) >= 11 is 0. The highest BCUT2D eigenvalue weighted by molar-refractivity contribution is 5.94. The molecule has 0 atom stereocenters. The van der Waals surface area contributed by atoms with E-state index in [1.807, 2.05) is 48.5 Å². The van der Waals surface area contributed by atoms with Crippen LogP contribution >= 0.6 is 0 Å². The molecular formula is C46H29N3O. The van der Waals surface area contributed by atoms with E-state index in [2.05, 4.69) is 127 Å². The molecule has 7 aromatic carbocycles. The lowest BCUT2D eigenvalue weighted by molar-refractivity contribution is 0.436. The van der Waals surface area contributed by atoms with Crippen LogP contribution in [0.25, 0.3) is 56.4 Å². The van der Waals surface area contributed by atoms with Gasteiger partial charge in [-0.05, 0) is 51.6 Å².